The molecule has 0 spiro atoms. The molecule has 0 unspecified atom stereocenters. The van der Waals surface area contributed by atoms with Crippen LogP contribution in [0.2, 0.25) is 0 Å². The van der Waals surface area contributed by atoms with Gasteiger partial charge in [-0.2, -0.15) is 10.2 Å². The number of fused-ring (bicyclic) bond motifs is 1. The zero-order chi connectivity index (χ0) is 22.0. The number of aliphatic hydroxyl groups excluding tert-OH is 1. The first kappa shape index (κ1) is 21.1. The zero-order valence-electron chi connectivity index (χ0n) is 18.4. The Morgan fingerprint density at radius 3 is 2.90 bits per heavy atom. The van der Waals surface area contributed by atoms with Crippen molar-refractivity contribution in [2.45, 2.75) is 58.7 Å². The van der Waals surface area contributed by atoms with Gasteiger partial charge in [0.1, 0.15) is 17.5 Å². The molecule has 4 rings (SSSR count). The molecule has 1 fully saturated rings. The van der Waals surface area contributed by atoms with Crippen molar-refractivity contribution in [1.29, 1.82) is 5.26 Å². The summed E-state index contributed by atoms with van der Waals surface area (Å²) in [7, 11) is 0. The molecule has 164 valence electrons. The number of hydrogen-bond donors (Lipinski definition) is 3. The molecule has 1 aliphatic carbocycles. The third-order valence-corrected chi connectivity index (χ3v) is 6.35. The van der Waals surface area contributed by atoms with E-state index in [1.54, 1.807) is 6.20 Å². The highest BCUT2D eigenvalue weighted by Crippen LogP contribution is 2.37. The molecule has 0 bridgehead atoms. The first-order chi connectivity index (χ1) is 14.9. The largest absolute Gasteiger partial charge is 0.393 e. The standard InChI is InChI=1S/C24H30N6O.H2/c1-16-12-17-6-4-5-7-20(17)30(16)11-10-26-23-27-15-18(14-25)22(29-23)28-19-8-9-21(31)24(2,3)13-19;/h4-7,12,15,19,21,31H,8-11,13H2,1-3H3,(H2,26,27,28,29);1H/t19-,21+;/m1./s1. The Hall–Kier alpha value is -3.11. The number of nitrogens with zero attached hydrogens (tertiary/aromatic N) is 4. The van der Waals surface area contributed by atoms with Gasteiger partial charge in [-0.15, -0.1) is 0 Å². The maximum absolute atomic E-state index is 10.2. The Labute approximate surface area is 184 Å². The Balaban J connectivity index is 0.00000289. The average molecular weight is 421 g/mol. The number of hydrogen-bond acceptors (Lipinski definition) is 6. The molecule has 0 saturated heterocycles. The predicted octanol–water partition coefficient (Wildman–Crippen LogP) is 4.32. The predicted molar refractivity (Wildman–Crippen MR) is 125 cm³/mol. The summed E-state index contributed by atoms with van der Waals surface area (Å²) in [6.07, 6.45) is 3.69. The topological polar surface area (TPSA) is 98.8 Å². The SMILES string of the molecule is Cc1cc2ccccc2n1CCNc1ncc(C#N)c(N[C@@H]2CC[C@H](O)C(C)(C)C2)n1.[HH]. The van der Waals surface area contributed by atoms with Gasteiger partial charge in [-0.3, -0.25) is 0 Å². The fraction of sp³-hybridized carbons (Fsp3) is 0.458. The van der Waals surface area contributed by atoms with Gasteiger partial charge in [0.25, 0.3) is 0 Å². The molecule has 0 aliphatic heterocycles. The smallest absolute Gasteiger partial charge is 0.224 e. The fourth-order valence-corrected chi connectivity index (χ4v) is 4.52. The van der Waals surface area contributed by atoms with E-state index in [1.807, 2.05) is 0 Å². The molecule has 1 aromatic carbocycles. The lowest BCUT2D eigenvalue weighted by Gasteiger charge is -2.40. The molecule has 1 saturated carbocycles. The van der Waals surface area contributed by atoms with Crippen LogP contribution < -0.4 is 10.6 Å². The third-order valence-electron chi connectivity index (χ3n) is 6.35. The summed E-state index contributed by atoms with van der Waals surface area (Å²) >= 11 is 0. The van der Waals surface area contributed by atoms with Gasteiger partial charge in [-0.25, -0.2) is 4.98 Å². The van der Waals surface area contributed by atoms with E-state index >= 15 is 0 Å². The second kappa shape index (κ2) is 8.56. The number of para-hydroxylation sites is 1. The highest BCUT2D eigenvalue weighted by molar-refractivity contribution is 5.81. The van der Waals surface area contributed by atoms with Gasteiger partial charge in [0.15, 0.2) is 0 Å². The molecule has 0 radical (unpaired) electrons. The van der Waals surface area contributed by atoms with Gasteiger partial charge >= 0.3 is 0 Å². The van der Waals surface area contributed by atoms with Crippen LogP contribution in [0.4, 0.5) is 11.8 Å². The van der Waals surface area contributed by atoms with Crippen molar-refractivity contribution < 1.29 is 6.53 Å². The molecular weight excluding hydrogens is 388 g/mol. The van der Waals surface area contributed by atoms with E-state index < -0.39 is 0 Å². The fourth-order valence-electron chi connectivity index (χ4n) is 4.52. The maximum Gasteiger partial charge on any atom is 0.224 e. The van der Waals surface area contributed by atoms with Crippen LogP contribution in [0, 0.1) is 23.7 Å². The first-order valence-corrected chi connectivity index (χ1v) is 10.9. The number of rotatable bonds is 6. The van der Waals surface area contributed by atoms with E-state index in [0.717, 1.165) is 25.8 Å². The van der Waals surface area contributed by atoms with E-state index in [4.69, 9.17) is 0 Å². The number of nitrogens with one attached hydrogen (secondary N) is 2. The Bertz CT molecular complexity index is 1120. The summed E-state index contributed by atoms with van der Waals surface area (Å²) in [6.45, 7) is 7.74. The van der Waals surface area contributed by atoms with Crippen LogP contribution in [0.25, 0.3) is 10.9 Å². The van der Waals surface area contributed by atoms with Crippen LogP contribution in [0.5, 0.6) is 0 Å². The Kier molecular flexibility index (Phi) is 5.84. The number of aryl methyl sites for hydroxylation is 1. The molecule has 2 atom stereocenters. The molecule has 3 aromatic rings. The summed E-state index contributed by atoms with van der Waals surface area (Å²) < 4.78 is 2.28. The Morgan fingerprint density at radius 1 is 1.32 bits per heavy atom. The van der Waals surface area contributed by atoms with Crippen molar-refractivity contribution in [3.8, 4) is 6.07 Å². The van der Waals surface area contributed by atoms with Crippen LogP contribution in [0.3, 0.4) is 0 Å². The van der Waals surface area contributed by atoms with Crippen molar-refractivity contribution >= 4 is 22.7 Å². The minimum Gasteiger partial charge on any atom is -0.393 e. The van der Waals surface area contributed by atoms with E-state index in [9.17, 15) is 10.4 Å². The van der Waals surface area contributed by atoms with Gasteiger partial charge in [-0.1, -0.05) is 32.0 Å². The Morgan fingerprint density at radius 2 is 2.13 bits per heavy atom. The van der Waals surface area contributed by atoms with Crippen LogP contribution in [0.15, 0.2) is 36.5 Å². The lowest BCUT2D eigenvalue weighted by Crippen LogP contribution is -2.41. The highest BCUT2D eigenvalue weighted by Gasteiger charge is 2.35. The first-order valence-electron chi connectivity index (χ1n) is 10.9. The van der Waals surface area contributed by atoms with Crippen molar-refractivity contribution in [3.05, 3.63) is 47.8 Å². The third kappa shape index (κ3) is 4.49. The number of aromatic nitrogens is 3. The average Bonchev–Trinajstić information content (AvgIpc) is 3.06. The normalized spacial score (nSPS) is 20.4. The van der Waals surface area contributed by atoms with E-state index in [1.165, 1.54) is 16.6 Å². The van der Waals surface area contributed by atoms with Gasteiger partial charge in [0.05, 0.1) is 12.3 Å². The van der Waals surface area contributed by atoms with Crippen LogP contribution in [-0.4, -0.2) is 38.3 Å². The van der Waals surface area contributed by atoms with Gasteiger partial charge in [-0.05, 0) is 49.1 Å². The molecule has 2 heterocycles. The second-order valence-corrected chi connectivity index (χ2v) is 9.12. The van der Waals surface area contributed by atoms with Crippen molar-refractivity contribution in [1.82, 2.24) is 14.5 Å². The summed E-state index contributed by atoms with van der Waals surface area (Å²) in [5.41, 5.74) is 2.70. The molecule has 7 heteroatoms. The van der Waals surface area contributed by atoms with Crippen LogP contribution in [0.1, 0.15) is 45.8 Å². The molecule has 3 N–H and O–H groups in total. The van der Waals surface area contributed by atoms with Gasteiger partial charge in [0, 0.05) is 31.8 Å². The van der Waals surface area contributed by atoms with E-state index in [0.29, 0.717) is 23.9 Å². The summed E-state index contributed by atoms with van der Waals surface area (Å²) in [5, 5.41) is 27.6. The number of benzene rings is 1. The number of nitriles is 1. The lowest BCUT2D eigenvalue weighted by atomic mass is 9.73. The van der Waals surface area contributed by atoms with Crippen LogP contribution >= 0.6 is 0 Å². The van der Waals surface area contributed by atoms with Crippen molar-refractivity contribution in [2.75, 3.05) is 17.2 Å². The molecule has 0 amide bonds. The van der Waals surface area contributed by atoms with E-state index in [2.05, 4.69) is 82.3 Å². The van der Waals surface area contributed by atoms with Gasteiger partial charge in [0.2, 0.25) is 5.95 Å². The van der Waals surface area contributed by atoms with Crippen molar-refractivity contribution in [2.24, 2.45) is 5.41 Å². The van der Waals surface area contributed by atoms with E-state index in [-0.39, 0.29) is 19.0 Å². The van der Waals surface area contributed by atoms with Crippen molar-refractivity contribution in [3.63, 3.8) is 0 Å². The maximum atomic E-state index is 10.2. The minimum atomic E-state index is -0.295. The molecule has 1 aliphatic rings. The molecular formula is C24H32N6O. The monoisotopic (exact) mass is 420 g/mol. The molecule has 7 nitrogen and oxygen atoms in total. The molecule has 31 heavy (non-hydrogen) atoms. The highest BCUT2D eigenvalue weighted by atomic mass is 16.3. The lowest BCUT2D eigenvalue weighted by molar-refractivity contribution is 0.00926. The number of anilines is 2. The molecule has 2 aromatic heterocycles. The second-order valence-electron chi connectivity index (χ2n) is 9.12. The minimum absolute atomic E-state index is 0. The van der Waals surface area contributed by atoms with Crippen LogP contribution in [-0.2, 0) is 6.54 Å². The quantitative estimate of drug-likeness (QED) is 0.549. The summed E-state index contributed by atoms with van der Waals surface area (Å²) in [4.78, 5) is 8.89. The van der Waals surface area contributed by atoms with Gasteiger partial charge < -0.3 is 20.3 Å². The summed E-state index contributed by atoms with van der Waals surface area (Å²) in [5.74, 6) is 1.06. The number of aliphatic hydroxyl groups is 1. The summed E-state index contributed by atoms with van der Waals surface area (Å²) in [6, 6.07) is 12.9. The zero-order valence-corrected chi connectivity index (χ0v) is 18.4.